The number of H-pyrrole nitrogens is 1. The standard InChI is InChI=1S/C16H22N2O4/c1-10(2)18-15(16(20)21)7-11-9-17-14-4-3-12(8-13(11)14)22-6-5-19/h3-4,8-10,15,17-19H,5-7H2,1-2H3,(H,20,21)/t15-/m0/s1. The Bertz CT molecular complexity index is 636. The van der Waals surface area contributed by atoms with Crippen molar-refractivity contribution in [1.29, 1.82) is 0 Å². The molecule has 0 fully saturated rings. The lowest BCUT2D eigenvalue weighted by atomic mass is 10.0. The van der Waals surface area contributed by atoms with E-state index >= 15 is 0 Å². The van der Waals surface area contributed by atoms with Crippen LogP contribution in [0.3, 0.4) is 0 Å². The number of hydrogen-bond donors (Lipinski definition) is 4. The third-order valence-electron chi connectivity index (χ3n) is 3.36. The second kappa shape index (κ2) is 7.29. The minimum atomic E-state index is -0.865. The molecule has 0 radical (unpaired) electrons. The average Bonchev–Trinajstić information content (AvgIpc) is 2.86. The van der Waals surface area contributed by atoms with Crippen molar-refractivity contribution >= 4 is 16.9 Å². The zero-order chi connectivity index (χ0) is 16.1. The number of ether oxygens (including phenoxy) is 1. The molecular weight excluding hydrogens is 284 g/mol. The van der Waals surface area contributed by atoms with Crippen LogP contribution < -0.4 is 10.1 Å². The first-order chi connectivity index (χ1) is 10.5. The predicted octanol–water partition coefficient (Wildman–Crippen LogP) is 1.53. The van der Waals surface area contributed by atoms with E-state index in [0.717, 1.165) is 16.5 Å². The van der Waals surface area contributed by atoms with Crippen molar-refractivity contribution in [2.75, 3.05) is 13.2 Å². The molecule has 1 aromatic heterocycles. The van der Waals surface area contributed by atoms with Gasteiger partial charge in [-0.05, 0) is 23.8 Å². The Balaban J connectivity index is 2.24. The number of benzene rings is 1. The van der Waals surface area contributed by atoms with Crippen LogP contribution in [0.1, 0.15) is 19.4 Å². The Morgan fingerprint density at radius 2 is 2.18 bits per heavy atom. The van der Waals surface area contributed by atoms with E-state index in [4.69, 9.17) is 9.84 Å². The predicted molar refractivity (Wildman–Crippen MR) is 84.3 cm³/mol. The molecule has 120 valence electrons. The van der Waals surface area contributed by atoms with Gasteiger partial charge in [-0.3, -0.25) is 4.79 Å². The van der Waals surface area contributed by atoms with Crippen LogP contribution in [-0.2, 0) is 11.2 Å². The van der Waals surface area contributed by atoms with Crippen LogP contribution in [0.15, 0.2) is 24.4 Å². The van der Waals surface area contributed by atoms with Gasteiger partial charge in [-0.2, -0.15) is 0 Å². The summed E-state index contributed by atoms with van der Waals surface area (Å²) >= 11 is 0. The number of carboxylic acids is 1. The molecule has 0 aliphatic carbocycles. The van der Waals surface area contributed by atoms with E-state index in [1.54, 1.807) is 0 Å². The summed E-state index contributed by atoms with van der Waals surface area (Å²) in [5.74, 6) is -0.207. The maximum atomic E-state index is 11.4. The molecule has 0 saturated carbocycles. The normalized spacial score (nSPS) is 12.7. The molecule has 0 spiro atoms. The molecule has 0 aliphatic heterocycles. The van der Waals surface area contributed by atoms with Gasteiger partial charge in [0.2, 0.25) is 0 Å². The van der Waals surface area contributed by atoms with Gasteiger partial charge in [0.05, 0.1) is 6.61 Å². The monoisotopic (exact) mass is 306 g/mol. The van der Waals surface area contributed by atoms with Crippen LogP contribution in [0.2, 0.25) is 0 Å². The highest BCUT2D eigenvalue weighted by atomic mass is 16.5. The van der Waals surface area contributed by atoms with Crippen molar-refractivity contribution in [1.82, 2.24) is 10.3 Å². The molecule has 6 heteroatoms. The van der Waals surface area contributed by atoms with Crippen molar-refractivity contribution in [2.45, 2.75) is 32.4 Å². The van der Waals surface area contributed by atoms with E-state index in [-0.39, 0.29) is 19.3 Å². The average molecular weight is 306 g/mol. The number of hydrogen-bond acceptors (Lipinski definition) is 4. The van der Waals surface area contributed by atoms with E-state index in [2.05, 4.69) is 10.3 Å². The number of aliphatic hydroxyl groups is 1. The first kappa shape index (κ1) is 16.3. The molecule has 2 aromatic rings. The number of carbonyl (C=O) groups is 1. The number of aromatic amines is 1. The Hall–Kier alpha value is -2.05. The second-order valence-electron chi connectivity index (χ2n) is 5.51. The topological polar surface area (TPSA) is 94.6 Å². The first-order valence-corrected chi connectivity index (χ1v) is 7.33. The Labute approximate surface area is 129 Å². The van der Waals surface area contributed by atoms with Gasteiger partial charge in [0.25, 0.3) is 0 Å². The number of carboxylic acid groups (broad SMARTS) is 1. The van der Waals surface area contributed by atoms with Crippen molar-refractivity contribution in [3.63, 3.8) is 0 Å². The number of fused-ring (bicyclic) bond motifs is 1. The summed E-state index contributed by atoms with van der Waals surface area (Å²) in [7, 11) is 0. The van der Waals surface area contributed by atoms with E-state index < -0.39 is 12.0 Å². The van der Waals surface area contributed by atoms with Crippen LogP contribution in [0.4, 0.5) is 0 Å². The van der Waals surface area contributed by atoms with Gasteiger partial charge in [0.15, 0.2) is 0 Å². The first-order valence-electron chi connectivity index (χ1n) is 7.33. The zero-order valence-corrected chi connectivity index (χ0v) is 12.8. The molecule has 0 saturated heterocycles. The molecule has 6 nitrogen and oxygen atoms in total. The molecule has 1 aromatic carbocycles. The minimum Gasteiger partial charge on any atom is -0.491 e. The summed E-state index contributed by atoms with van der Waals surface area (Å²) in [6.45, 7) is 4.04. The van der Waals surface area contributed by atoms with Gasteiger partial charge in [-0.1, -0.05) is 13.8 Å². The number of aliphatic hydroxyl groups excluding tert-OH is 1. The lowest BCUT2D eigenvalue weighted by molar-refractivity contribution is -0.139. The molecule has 0 aliphatic rings. The maximum Gasteiger partial charge on any atom is 0.321 e. The molecule has 4 N–H and O–H groups in total. The highest BCUT2D eigenvalue weighted by Crippen LogP contribution is 2.24. The molecule has 0 unspecified atom stereocenters. The van der Waals surface area contributed by atoms with Gasteiger partial charge in [-0.25, -0.2) is 0 Å². The summed E-state index contributed by atoms with van der Waals surface area (Å²) in [5.41, 5.74) is 1.85. The SMILES string of the molecule is CC(C)N[C@@H](Cc1c[nH]c2ccc(OCCO)cc12)C(=O)O. The lowest BCUT2D eigenvalue weighted by Gasteiger charge is -2.17. The summed E-state index contributed by atoms with van der Waals surface area (Å²) in [5, 5.41) is 22.1. The van der Waals surface area contributed by atoms with Crippen LogP contribution in [-0.4, -0.2) is 46.5 Å². The van der Waals surface area contributed by atoms with Crippen LogP contribution in [0.5, 0.6) is 5.75 Å². The third kappa shape index (κ3) is 3.99. The summed E-state index contributed by atoms with van der Waals surface area (Å²) in [4.78, 5) is 14.5. The van der Waals surface area contributed by atoms with E-state index in [1.807, 2.05) is 38.2 Å². The van der Waals surface area contributed by atoms with Crippen molar-refractivity contribution in [3.8, 4) is 5.75 Å². The zero-order valence-electron chi connectivity index (χ0n) is 12.8. The molecule has 1 heterocycles. The number of rotatable bonds is 8. The van der Waals surface area contributed by atoms with E-state index in [9.17, 15) is 9.90 Å². The quantitative estimate of drug-likeness (QED) is 0.593. The van der Waals surface area contributed by atoms with Crippen molar-refractivity contribution in [3.05, 3.63) is 30.0 Å². The maximum absolute atomic E-state index is 11.4. The molecule has 1 atom stereocenters. The van der Waals surface area contributed by atoms with Gasteiger partial charge >= 0.3 is 5.97 Å². The van der Waals surface area contributed by atoms with E-state index in [0.29, 0.717) is 12.2 Å². The Morgan fingerprint density at radius 1 is 1.41 bits per heavy atom. The molecule has 0 bridgehead atoms. The van der Waals surface area contributed by atoms with Gasteiger partial charge in [-0.15, -0.1) is 0 Å². The Kier molecular flexibility index (Phi) is 5.41. The fourth-order valence-corrected chi connectivity index (χ4v) is 2.42. The van der Waals surface area contributed by atoms with Crippen LogP contribution in [0, 0.1) is 0 Å². The van der Waals surface area contributed by atoms with Crippen molar-refractivity contribution < 1.29 is 19.7 Å². The van der Waals surface area contributed by atoms with Crippen LogP contribution >= 0.6 is 0 Å². The van der Waals surface area contributed by atoms with Gasteiger partial charge in [0, 0.05) is 29.6 Å². The third-order valence-corrected chi connectivity index (χ3v) is 3.36. The minimum absolute atomic E-state index is 0.0442. The Morgan fingerprint density at radius 3 is 2.82 bits per heavy atom. The molecule has 2 rings (SSSR count). The smallest absolute Gasteiger partial charge is 0.321 e. The highest BCUT2D eigenvalue weighted by Gasteiger charge is 2.20. The number of nitrogens with one attached hydrogen (secondary N) is 2. The largest absolute Gasteiger partial charge is 0.491 e. The van der Waals surface area contributed by atoms with Crippen LogP contribution in [0.25, 0.3) is 10.9 Å². The van der Waals surface area contributed by atoms with Gasteiger partial charge < -0.3 is 25.3 Å². The van der Waals surface area contributed by atoms with Crippen molar-refractivity contribution in [2.24, 2.45) is 0 Å². The lowest BCUT2D eigenvalue weighted by Crippen LogP contribution is -2.42. The number of aromatic nitrogens is 1. The molecule has 22 heavy (non-hydrogen) atoms. The fraction of sp³-hybridized carbons (Fsp3) is 0.438. The summed E-state index contributed by atoms with van der Waals surface area (Å²) in [6.07, 6.45) is 2.22. The fourth-order valence-electron chi connectivity index (χ4n) is 2.42. The molecule has 0 amide bonds. The summed E-state index contributed by atoms with van der Waals surface area (Å²) in [6, 6.07) is 5.03. The number of aliphatic carboxylic acids is 1. The van der Waals surface area contributed by atoms with E-state index in [1.165, 1.54) is 0 Å². The second-order valence-corrected chi connectivity index (χ2v) is 5.51. The molecular formula is C16H22N2O4. The van der Waals surface area contributed by atoms with Gasteiger partial charge in [0.1, 0.15) is 18.4 Å². The highest BCUT2D eigenvalue weighted by molar-refractivity contribution is 5.85. The summed E-state index contributed by atoms with van der Waals surface area (Å²) < 4.78 is 5.41.